The number of amides is 4. The number of carbonyl (C=O) groups is 9. The summed E-state index contributed by atoms with van der Waals surface area (Å²) in [6, 6.07) is -1.12. The number of aliphatic hydroxyl groups excluding tert-OH is 1. The zero-order valence-electron chi connectivity index (χ0n) is 40.8. The van der Waals surface area contributed by atoms with Crippen molar-refractivity contribution in [2.24, 2.45) is 11.8 Å². The van der Waals surface area contributed by atoms with Crippen molar-refractivity contribution in [3.05, 3.63) is 0 Å². The number of thioether (sulfide) groups is 1. The monoisotopic (exact) mass is 1010 g/mol. The molecule has 0 radical (unpaired) electrons. The second kappa shape index (κ2) is 45.0. The van der Waals surface area contributed by atoms with Crippen molar-refractivity contribution < 1.29 is 82.5 Å². The van der Waals surface area contributed by atoms with E-state index in [1.165, 1.54) is 24.6 Å². The summed E-state index contributed by atoms with van der Waals surface area (Å²) in [4.78, 5) is 106. The molecule has 0 saturated heterocycles. The van der Waals surface area contributed by atoms with Gasteiger partial charge in [0.1, 0.15) is 30.8 Å². The summed E-state index contributed by atoms with van der Waals surface area (Å²) in [7, 11) is 0. The smallest absolute Gasteiger partial charge is 0.326 e. The summed E-state index contributed by atoms with van der Waals surface area (Å²) in [5.74, 6) is -5.99. The number of carboxylic acid groups (broad SMARTS) is 3. The molecule has 0 fully saturated rings. The average molecular weight is 1010 g/mol. The van der Waals surface area contributed by atoms with Crippen LogP contribution >= 0.6 is 11.8 Å². The van der Waals surface area contributed by atoms with Crippen LogP contribution in [0.2, 0.25) is 0 Å². The lowest BCUT2D eigenvalue weighted by atomic mass is 9.94. The standard InChI is InChI=1S/C47H82N4O17S/c1-2-36(40(54)30-37(31-52)46(61)62)34-69-35-44(58)49-22-21-48-42(56)32-68-29-27-66-25-23-50-43(57)33-67-28-26-65-24-15-16-38(53)19-20-39(47(63)64)51-41(55)17-13-11-9-7-5-3-4-6-8-10-12-14-18-45(59)60/h36-37,39,52H,2-35H2,1H3,(H,48,56)(H,49,58)(H,50,57)(H,51,55)(H,59,60)(H,61,62)(H,63,64)/t36-,37-,39-/m0/s1. The van der Waals surface area contributed by atoms with E-state index in [2.05, 4.69) is 21.3 Å². The number of carboxylic acids is 3. The molecular weight excluding hydrogens is 925 g/mol. The van der Waals surface area contributed by atoms with Gasteiger partial charge in [-0.05, 0) is 32.1 Å². The summed E-state index contributed by atoms with van der Waals surface area (Å²) in [6.07, 6.45) is 13.6. The fourth-order valence-electron chi connectivity index (χ4n) is 6.62. The fraction of sp³-hybridized carbons (Fsp3) is 0.809. The van der Waals surface area contributed by atoms with Crippen molar-refractivity contribution in [1.29, 1.82) is 0 Å². The molecule has 0 saturated carbocycles. The lowest BCUT2D eigenvalue weighted by Crippen LogP contribution is -2.41. The molecule has 4 amide bonds. The lowest BCUT2D eigenvalue weighted by Gasteiger charge is -2.15. The molecule has 0 aliphatic carbocycles. The van der Waals surface area contributed by atoms with Gasteiger partial charge in [-0.1, -0.05) is 71.1 Å². The SMILES string of the molecule is CC[C@@H](CSCC(=O)NCCNC(=O)COCCOCCNC(=O)COCCOCCCC(=O)CC[C@H](NC(=O)CCCCCCCCCCCCCCC(=O)O)C(=O)O)C(=O)C[C@@H](CO)C(=O)O. The molecule has 0 aromatic heterocycles. The molecule has 3 atom stereocenters. The van der Waals surface area contributed by atoms with Crippen LogP contribution in [-0.4, -0.2) is 170 Å². The summed E-state index contributed by atoms with van der Waals surface area (Å²) >= 11 is 1.24. The summed E-state index contributed by atoms with van der Waals surface area (Å²) in [5, 5.41) is 46.8. The minimum Gasteiger partial charge on any atom is -0.481 e. The van der Waals surface area contributed by atoms with Crippen LogP contribution < -0.4 is 21.3 Å². The van der Waals surface area contributed by atoms with E-state index in [-0.39, 0.29) is 152 Å². The lowest BCUT2D eigenvalue weighted by molar-refractivity contribution is -0.145. The van der Waals surface area contributed by atoms with Crippen molar-refractivity contribution in [2.45, 2.75) is 141 Å². The first-order chi connectivity index (χ1) is 33.2. The highest BCUT2D eigenvalue weighted by Crippen LogP contribution is 2.18. The largest absolute Gasteiger partial charge is 0.481 e. The Labute approximate surface area is 411 Å². The Morgan fingerprint density at radius 1 is 0.507 bits per heavy atom. The predicted molar refractivity (Wildman–Crippen MR) is 257 cm³/mol. The number of aliphatic hydroxyl groups is 1. The zero-order valence-corrected chi connectivity index (χ0v) is 41.6. The van der Waals surface area contributed by atoms with E-state index >= 15 is 0 Å². The molecule has 0 aliphatic rings. The third kappa shape index (κ3) is 41.3. The molecule has 0 aromatic carbocycles. The Balaban J connectivity index is 3.73. The number of ketones is 2. The summed E-state index contributed by atoms with van der Waals surface area (Å²) < 4.78 is 21.4. The fourth-order valence-corrected chi connectivity index (χ4v) is 7.73. The first-order valence-electron chi connectivity index (χ1n) is 24.5. The molecule has 0 heterocycles. The second-order valence-corrected chi connectivity index (χ2v) is 17.7. The molecule has 0 aliphatic heterocycles. The van der Waals surface area contributed by atoms with Gasteiger partial charge in [0.15, 0.2) is 0 Å². The molecule has 398 valence electrons. The third-order valence-corrected chi connectivity index (χ3v) is 11.8. The van der Waals surface area contributed by atoms with Gasteiger partial charge in [-0.15, -0.1) is 0 Å². The van der Waals surface area contributed by atoms with Crippen LogP contribution in [0.3, 0.4) is 0 Å². The normalized spacial score (nSPS) is 12.4. The highest BCUT2D eigenvalue weighted by molar-refractivity contribution is 7.99. The number of ether oxygens (including phenoxy) is 4. The van der Waals surface area contributed by atoms with E-state index in [0.29, 0.717) is 25.0 Å². The van der Waals surface area contributed by atoms with Gasteiger partial charge in [0.2, 0.25) is 23.6 Å². The Kier molecular flexibility index (Phi) is 42.2. The van der Waals surface area contributed by atoms with Crippen LogP contribution in [0.15, 0.2) is 0 Å². The summed E-state index contributed by atoms with van der Waals surface area (Å²) in [5.41, 5.74) is 0. The van der Waals surface area contributed by atoms with E-state index < -0.39 is 42.4 Å². The number of Topliss-reactive ketones (excluding diaryl/α,β-unsaturated/α-hetero) is 2. The molecule has 0 unspecified atom stereocenters. The molecule has 0 aromatic rings. The number of rotatable bonds is 50. The molecular formula is C47H82N4O17S. The quantitative estimate of drug-likeness (QED) is 0.0406. The minimum absolute atomic E-state index is 0.0138. The number of unbranched alkanes of at least 4 members (excludes halogenated alkanes) is 11. The maximum absolute atomic E-state index is 12.3. The molecule has 0 bridgehead atoms. The predicted octanol–water partition coefficient (Wildman–Crippen LogP) is 3.06. The Morgan fingerprint density at radius 2 is 1.01 bits per heavy atom. The molecule has 69 heavy (non-hydrogen) atoms. The van der Waals surface area contributed by atoms with Crippen LogP contribution in [0.4, 0.5) is 0 Å². The van der Waals surface area contributed by atoms with Gasteiger partial charge in [-0.2, -0.15) is 11.8 Å². The van der Waals surface area contributed by atoms with Gasteiger partial charge in [0, 0.05) is 70.0 Å². The number of aliphatic carboxylic acids is 3. The van der Waals surface area contributed by atoms with Crippen molar-refractivity contribution in [3.8, 4) is 0 Å². The number of nitrogens with one attached hydrogen (secondary N) is 4. The van der Waals surface area contributed by atoms with E-state index in [4.69, 9.17) is 34.3 Å². The molecule has 0 rings (SSSR count). The van der Waals surface area contributed by atoms with Gasteiger partial charge >= 0.3 is 17.9 Å². The van der Waals surface area contributed by atoms with Crippen molar-refractivity contribution >= 4 is 64.9 Å². The third-order valence-electron chi connectivity index (χ3n) is 10.7. The van der Waals surface area contributed by atoms with Crippen LogP contribution in [0, 0.1) is 11.8 Å². The van der Waals surface area contributed by atoms with E-state index in [1.54, 1.807) is 6.92 Å². The Morgan fingerprint density at radius 3 is 1.54 bits per heavy atom. The number of hydrogen-bond donors (Lipinski definition) is 8. The minimum atomic E-state index is -1.23. The maximum Gasteiger partial charge on any atom is 0.326 e. The van der Waals surface area contributed by atoms with Gasteiger partial charge in [-0.25, -0.2) is 4.79 Å². The topological polar surface area (TPSA) is 320 Å². The Bertz CT molecular complexity index is 1470. The van der Waals surface area contributed by atoms with Gasteiger partial charge in [0.25, 0.3) is 0 Å². The van der Waals surface area contributed by atoms with Crippen LogP contribution in [0.1, 0.15) is 135 Å². The Hall–Kier alpha value is -4.22. The van der Waals surface area contributed by atoms with E-state index in [1.807, 2.05) is 0 Å². The van der Waals surface area contributed by atoms with Crippen LogP contribution in [0.25, 0.3) is 0 Å². The highest BCUT2D eigenvalue weighted by atomic mass is 32.2. The first kappa shape index (κ1) is 64.8. The van der Waals surface area contributed by atoms with Gasteiger partial charge < -0.3 is 60.6 Å². The van der Waals surface area contributed by atoms with Gasteiger partial charge in [-0.3, -0.25) is 38.4 Å². The number of carbonyl (C=O) groups excluding carboxylic acids is 6. The van der Waals surface area contributed by atoms with Crippen molar-refractivity contribution in [1.82, 2.24) is 21.3 Å². The molecule has 8 N–H and O–H groups in total. The second-order valence-electron chi connectivity index (χ2n) is 16.7. The molecule has 21 nitrogen and oxygen atoms in total. The zero-order chi connectivity index (χ0) is 51.3. The van der Waals surface area contributed by atoms with Crippen LogP contribution in [-0.2, 0) is 62.1 Å². The maximum atomic E-state index is 12.3. The van der Waals surface area contributed by atoms with Crippen molar-refractivity contribution in [2.75, 3.05) is 90.6 Å². The molecule has 0 spiro atoms. The number of hydrogen-bond acceptors (Lipinski definition) is 15. The highest BCUT2D eigenvalue weighted by Gasteiger charge is 2.25. The summed E-state index contributed by atoms with van der Waals surface area (Å²) in [6.45, 7) is 2.59. The van der Waals surface area contributed by atoms with Gasteiger partial charge in [0.05, 0.1) is 51.3 Å². The van der Waals surface area contributed by atoms with Crippen molar-refractivity contribution in [3.63, 3.8) is 0 Å². The van der Waals surface area contributed by atoms with E-state index in [9.17, 15) is 48.3 Å². The average Bonchev–Trinajstić information content (AvgIpc) is 3.31. The first-order valence-corrected chi connectivity index (χ1v) is 25.7. The van der Waals surface area contributed by atoms with E-state index in [0.717, 1.165) is 57.8 Å². The van der Waals surface area contributed by atoms with Crippen LogP contribution in [0.5, 0.6) is 0 Å². The molecule has 22 heteroatoms.